The van der Waals surface area contributed by atoms with Crippen LogP contribution in [-0.2, 0) is 16.0 Å². The Morgan fingerprint density at radius 2 is 2.03 bits per heavy atom. The molecule has 0 bridgehead atoms. The highest BCUT2D eigenvalue weighted by atomic mass is 16.6. The lowest BCUT2D eigenvalue weighted by Gasteiger charge is -2.26. The summed E-state index contributed by atoms with van der Waals surface area (Å²) in [5.74, 6) is 0. The SMILES string of the molecule is CN(CCN(C)C(=O)OC(C)(C)C)Cc1cn(C2CCCCO2)nc1C1=CCN(C(=O)O)CC1. The lowest BCUT2D eigenvalue weighted by Crippen LogP contribution is -2.38. The molecule has 0 radical (unpaired) electrons. The van der Waals surface area contributed by atoms with E-state index in [1.807, 2.05) is 38.6 Å². The van der Waals surface area contributed by atoms with Crippen molar-refractivity contribution < 1.29 is 24.2 Å². The third kappa shape index (κ3) is 7.20. The van der Waals surface area contributed by atoms with Crippen molar-refractivity contribution in [3.05, 3.63) is 23.5 Å². The van der Waals surface area contributed by atoms with Gasteiger partial charge in [-0.3, -0.25) is 0 Å². The first kappa shape index (κ1) is 26.0. The molecule has 0 aromatic carbocycles. The van der Waals surface area contributed by atoms with Crippen molar-refractivity contribution >= 4 is 17.8 Å². The third-order valence-corrected chi connectivity index (χ3v) is 6.00. The average Bonchev–Trinajstić information content (AvgIpc) is 3.20. The van der Waals surface area contributed by atoms with Crippen molar-refractivity contribution in [3.8, 4) is 0 Å². The zero-order valence-corrected chi connectivity index (χ0v) is 21.1. The molecule has 0 saturated carbocycles. The fourth-order valence-corrected chi connectivity index (χ4v) is 4.08. The molecule has 1 fully saturated rings. The van der Waals surface area contributed by atoms with Gasteiger partial charge in [0, 0.05) is 58.1 Å². The third-order valence-electron chi connectivity index (χ3n) is 6.00. The topological polar surface area (TPSA) is 100 Å². The van der Waals surface area contributed by atoms with Crippen molar-refractivity contribution in [1.29, 1.82) is 0 Å². The van der Waals surface area contributed by atoms with Crippen LogP contribution >= 0.6 is 0 Å². The van der Waals surface area contributed by atoms with Gasteiger partial charge in [0.2, 0.25) is 0 Å². The van der Waals surface area contributed by atoms with Crippen molar-refractivity contribution in [2.45, 2.75) is 64.8 Å². The Morgan fingerprint density at radius 1 is 1.26 bits per heavy atom. The first-order chi connectivity index (χ1) is 16.0. The Hall–Kier alpha value is -2.59. The summed E-state index contributed by atoms with van der Waals surface area (Å²) >= 11 is 0. The molecule has 1 aromatic rings. The molecule has 2 aliphatic heterocycles. The van der Waals surface area contributed by atoms with E-state index < -0.39 is 11.7 Å². The number of amides is 2. The molecule has 0 spiro atoms. The number of likely N-dealkylation sites (N-methyl/N-ethyl adjacent to an activating group) is 2. The van der Waals surface area contributed by atoms with Crippen LogP contribution in [0.1, 0.15) is 63.9 Å². The number of carboxylic acid groups (broad SMARTS) is 1. The van der Waals surface area contributed by atoms with Crippen LogP contribution in [0.3, 0.4) is 0 Å². The zero-order chi connectivity index (χ0) is 24.9. The molecule has 1 aromatic heterocycles. The average molecular weight is 478 g/mol. The summed E-state index contributed by atoms with van der Waals surface area (Å²) in [4.78, 5) is 28.7. The fraction of sp³-hybridized carbons (Fsp3) is 0.708. The Labute approximate surface area is 202 Å². The van der Waals surface area contributed by atoms with Gasteiger partial charge in [-0.05, 0) is 59.1 Å². The molecular formula is C24H39N5O5. The minimum Gasteiger partial charge on any atom is -0.465 e. The van der Waals surface area contributed by atoms with Crippen LogP contribution in [-0.4, -0.2) is 94.3 Å². The first-order valence-corrected chi connectivity index (χ1v) is 12.0. The van der Waals surface area contributed by atoms with Gasteiger partial charge in [-0.15, -0.1) is 0 Å². The van der Waals surface area contributed by atoms with Crippen LogP contribution in [0.4, 0.5) is 9.59 Å². The summed E-state index contributed by atoms with van der Waals surface area (Å²) in [7, 11) is 3.76. The van der Waals surface area contributed by atoms with Crippen LogP contribution in [0.25, 0.3) is 5.57 Å². The van der Waals surface area contributed by atoms with Crippen molar-refractivity contribution in [2.24, 2.45) is 0 Å². The van der Waals surface area contributed by atoms with Gasteiger partial charge < -0.3 is 29.3 Å². The number of hydrogen-bond donors (Lipinski definition) is 1. The molecule has 0 aliphatic carbocycles. The molecule has 2 aliphatic rings. The second-order valence-electron chi connectivity index (χ2n) is 10.2. The number of carbonyl (C=O) groups excluding carboxylic acids is 1. The van der Waals surface area contributed by atoms with Crippen molar-refractivity contribution in [2.75, 3.05) is 46.9 Å². The van der Waals surface area contributed by atoms with E-state index in [4.69, 9.17) is 14.6 Å². The van der Waals surface area contributed by atoms with Gasteiger partial charge in [0.05, 0.1) is 5.69 Å². The minimum absolute atomic E-state index is 0.0652. The molecule has 2 amide bonds. The Balaban J connectivity index is 1.69. The Morgan fingerprint density at radius 3 is 2.62 bits per heavy atom. The lowest BCUT2D eigenvalue weighted by molar-refractivity contribution is -0.0396. The molecule has 10 nitrogen and oxygen atoms in total. The lowest BCUT2D eigenvalue weighted by atomic mass is 10.0. The predicted octanol–water partition coefficient (Wildman–Crippen LogP) is 3.65. The van der Waals surface area contributed by atoms with Crippen molar-refractivity contribution in [1.82, 2.24) is 24.5 Å². The molecular weight excluding hydrogens is 438 g/mol. The minimum atomic E-state index is -0.898. The number of hydrogen-bond acceptors (Lipinski definition) is 6. The highest BCUT2D eigenvalue weighted by molar-refractivity contribution is 5.71. The maximum atomic E-state index is 12.2. The molecule has 1 atom stereocenters. The van der Waals surface area contributed by atoms with E-state index in [0.717, 1.165) is 42.7 Å². The van der Waals surface area contributed by atoms with Gasteiger partial charge >= 0.3 is 12.2 Å². The van der Waals surface area contributed by atoms with E-state index in [-0.39, 0.29) is 12.3 Å². The van der Waals surface area contributed by atoms with E-state index in [0.29, 0.717) is 39.1 Å². The van der Waals surface area contributed by atoms with Gasteiger partial charge in [-0.25, -0.2) is 14.3 Å². The summed E-state index contributed by atoms with van der Waals surface area (Å²) in [6.07, 6.45) is 6.48. The van der Waals surface area contributed by atoms with Gasteiger partial charge in [-0.1, -0.05) is 6.08 Å². The molecule has 190 valence electrons. The summed E-state index contributed by atoms with van der Waals surface area (Å²) in [5, 5.41) is 14.2. The molecule has 1 saturated heterocycles. The Bertz CT molecular complexity index is 885. The maximum absolute atomic E-state index is 12.2. The number of carbonyl (C=O) groups is 2. The van der Waals surface area contributed by atoms with Crippen LogP contribution in [0, 0.1) is 0 Å². The predicted molar refractivity (Wildman–Crippen MR) is 128 cm³/mol. The van der Waals surface area contributed by atoms with Gasteiger partial charge in [-0.2, -0.15) is 5.10 Å². The second kappa shape index (κ2) is 11.2. The molecule has 1 unspecified atom stereocenters. The van der Waals surface area contributed by atoms with Gasteiger partial charge in [0.1, 0.15) is 11.8 Å². The molecule has 10 heteroatoms. The number of rotatable bonds is 7. The molecule has 3 heterocycles. The normalized spacial score (nSPS) is 19.2. The van der Waals surface area contributed by atoms with Gasteiger partial charge in [0.25, 0.3) is 0 Å². The molecule has 34 heavy (non-hydrogen) atoms. The molecule has 1 N–H and O–H groups in total. The highest BCUT2D eigenvalue weighted by Gasteiger charge is 2.25. The summed E-state index contributed by atoms with van der Waals surface area (Å²) in [6, 6.07) is 0. The van der Waals surface area contributed by atoms with Crippen LogP contribution in [0.5, 0.6) is 0 Å². The number of nitrogens with zero attached hydrogens (tertiary/aromatic N) is 5. The van der Waals surface area contributed by atoms with E-state index >= 15 is 0 Å². The van der Waals surface area contributed by atoms with E-state index in [2.05, 4.69) is 11.1 Å². The summed E-state index contributed by atoms with van der Waals surface area (Å²) < 4.78 is 13.3. The van der Waals surface area contributed by atoms with Gasteiger partial charge in [0.15, 0.2) is 0 Å². The second-order valence-corrected chi connectivity index (χ2v) is 10.2. The summed E-state index contributed by atoms with van der Waals surface area (Å²) in [6.45, 7) is 9.01. The highest BCUT2D eigenvalue weighted by Crippen LogP contribution is 2.29. The maximum Gasteiger partial charge on any atom is 0.410 e. The Kier molecular flexibility index (Phi) is 8.59. The monoisotopic (exact) mass is 477 g/mol. The van der Waals surface area contributed by atoms with Crippen LogP contribution in [0.15, 0.2) is 12.3 Å². The number of ether oxygens (including phenoxy) is 2. The van der Waals surface area contributed by atoms with E-state index in [9.17, 15) is 14.7 Å². The quantitative estimate of drug-likeness (QED) is 0.640. The summed E-state index contributed by atoms with van der Waals surface area (Å²) in [5.41, 5.74) is 2.53. The van der Waals surface area contributed by atoms with Crippen LogP contribution in [0.2, 0.25) is 0 Å². The van der Waals surface area contributed by atoms with Crippen molar-refractivity contribution in [3.63, 3.8) is 0 Å². The first-order valence-electron chi connectivity index (χ1n) is 12.0. The fourth-order valence-electron chi connectivity index (χ4n) is 4.08. The zero-order valence-electron chi connectivity index (χ0n) is 21.1. The standard InChI is InChI=1S/C24H39N5O5/c1-24(2,3)34-23(32)27(5)14-13-26(4)16-19-17-29(20-8-6-7-15-33-20)25-21(19)18-9-11-28(12-10-18)22(30)31/h9,17,20H,6-8,10-16H2,1-5H3,(H,30,31). The van der Waals surface area contributed by atoms with E-state index in [1.165, 1.54) is 4.90 Å². The molecule has 3 rings (SSSR count). The van der Waals surface area contributed by atoms with E-state index in [1.54, 1.807) is 11.9 Å². The largest absolute Gasteiger partial charge is 0.465 e. The number of aromatic nitrogens is 2. The van der Waals surface area contributed by atoms with Crippen LogP contribution < -0.4 is 0 Å². The smallest absolute Gasteiger partial charge is 0.410 e.